The van der Waals surface area contributed by atoms with Crippen molar-refractivity contribution in [2.24, 2.45) is 0 Å². The molecule has 1 unspecified atom stereocenters. The van der Waals surface area contributed by atoms with Crippen LogP contribution in [0.25, 0.3) is 16.8 Å². The summed E-state index contributed by atoms with van der Waals surface area (Å²) in [6, 6.07) is 15.5. The third-order valence-electron chi connectivity index (χ3n) is 6.08. The van der Waals surface area contributed by atoms with Gasteiger partial charge in [-0.1, -0.05) is 30.3 Å². The van der Waals surface area contributed by atoms with Gasteiger partial charge in [-0.2, -0.15) is 5.10 Å². The third-order valence-corrected chi connectivity index (χ3v) is 6.08. The van der Waals surface area contributed by atoms with Crippen LogP contribution in [0.4, 0.5) is 0 Å². The molecule has 0 aliphatic heterocycles. The van der Waals surface area contributed by atoms with Crippen molar-refractivity contribution in [1.82, 2.24) is 19.8 Å². The van der Waals surface area contributed by atoms with E-state index in [1.54, 1.807) is 25.8 Å². The summed E-state index contributed by atoms with van der Waals surface area (Å²) in [7, 11) is 4.91. The number of Topliss-reactive ketones (excluding diaryl/α,β-unsaturated/α-hetero) is 1. The summed E-state index contributed by atoms with van der Waals surface area (Å²) in [5, 5.41) is 13.6. The molecule has 1 aliphatic rings. The summed E-state index contributed by atoms with van der Waals surface area (Å²) in [6.07, 6.45) is 0.953. The third kappa shape index (κ3) is 3.62. The molecule has 2 aromatic heterocycles. The minimum atomic E-state index is -0.0451. The maximum Gasteiger partial charge on any atom is 0.185 e. The first-order chi connectivity index (χ1) is 16.1. The number of aromatic nitrogens is 4. The summed E-state index contributed by atoms with van der Waals surface area (Å²) in [6.45, 7) is 0.309. The molecular weight excluding hydrogens is 420 g/mol. The Morgan fingerprint density at radius 2 is 1.76 bits per heavy atom. The lowest BCUT2D eigenvalue weighted by atomic mass is 9.83. The van der Waals surface area contributed by atoms with E-state index >= 15 is 0 Å². The van der Waals surface area contributed by atoms with E-state index in [1.165, 1.54) is 0 Å². The van der Waals surface area contributed by atoms with Crippen molar-refractivity contribution in [3.8, 4) is 22.6 Å². The van der Waals surface area contributed by atoms with Crippen molar-refractivity contribution in [2.45, 2.75) is 25.4 Å². The summed E-state index contributed by atoms with van der Waals surface area (Å²) in [5.74, 6) is 1.46. The predicted octanol–water partition coefficient (Wildman–Crippen LogP) is 3.87. The number of hydrogen-bond acceptors (Lipinski definition) is 7. The van der Waals surface area contributed by atoms with Gasteiger partial charge in [-0.05, 0) is 35.7 Å². The van der Waals surface area contributed by atoms with Crippen LogP contribution in [0.15, 0.2) is 48.5 Å². The molecule has 1 atom stereocenters. The second kappa shape index (κ2) is 8.63. The topological polar surface area (TPSA) is 87.8 Å². The molecule has 5 rings (SSSR count). The Morgan fingerprint density at radius 1 is 0.970 bits per heavy atom. The van der Waals surface area contributed by atoms with Gasteiger partial charge >= 0.3 is 0 Å². The molecule has 0 amide bonds. The molecule has 1 aliphatic carbocycles. The summed E-state index contributed by atoms with van der Waals surface area (Å²) >= 11 is 0. The highest BCUT2D eigenvalue weighted by molar-refractivity contribution is 5.97. The minimum absolute atomic E-state index is 0.0342. The fourth-order valence-corrected chi connectivity index (χ4v) is 4.53. The Hall–Kier alpha value is -3.78. The summed E-state index contributed by atoms with van der Waals surface area (Å²) in [5.41, 5.74) is 5.23. The van der Waals surface area contributed by atoms with Crippen LogP contribution < -0.4 is 9.47 Å². The molecule has 33 heavy (non-hydrogen) atoms. The van der Waals surface area contributed by atoms with Gasteiger partial charge in [0.05, 0.1) is 37.8 Å². The maximum atomic E-state index is 13.0. The molecule has 8 nitrogen and oxygen atoms in total. The van der Waals surface area contributed by atoms with E-state index < -0.39 is 0 Å². The van der Waals surface area contributed by atoms with E-state index in [0.717, 1.165) is 39.6 Å². The zero-order chi connectivity index (χ0) is 22.9. The van der Waals surface area contributed by atoms with Gasteiger partial charge in [0.1, 0.15) is 11.5 Å². The second-order valence-corrected chi connectivity index (χ2v) is 7.98. The summed E-state index contributed by atoms with van der Waals surface area (Å²) < 4.78 is 18.0. The van der Waals surface area contributed by atoms with Gasteiger partial charge in [-0.15, -0.1) is 10.2 Å². The Labute approximate surface area is 191 Å². The Kier molecular flexibility index (Phi) is 5.51. The lowest BCUT2D eigenvalue weighted by molar-refractivity contribution is 0.0955. The number of carbonyl (C=O) groups excluding carboxylic acids is 1. The number of para-hydroxylation sites is 1. The molecule has 0 saturated heterocycles. The number of hydrogen-bond donors (Lipinski definition) is 0. The van der Waals surface area contributed by atoms with E-state index in [4.69, 9.17) is 19.3 Å². The lowest BCUT2D eigenvalue weighted by Crippen LogP contribution is -2.24. The Balaban J connectivity index is 1.66. The molecular formula is C25H24N4O4. The number of ether oxygens (including phenoxy) is 3. The normalized spacial score (nSPS) is 15.5. The van der Waals surface area contributed by atoms with Crippen molar-refractivity contribution >= 4 is 11.4 Å². The smallest absolute Gasteiger partial charge is 0.185 e. The van der Waals surface area contributed by atoms with Gasteiger partial charge < -0.3 is 14.2 Å². The zero-order valence-electron chi connectivity index (χ0n) is 18.7. The Morgan fingerprint density at radius 3 is 2.48 bits per heavy atom. The number of ketones is 1. The van der Waals surface area contributed by atoms with Crippen LogP contribution in [0.3, 0.4) is 0 Å². The van der Waals surface area contributed by atoms with Crippen molar-refractivity contribution in [3.05, 3.63) is 71.2 Å². The molecule has 0 radical (unpaired) electrons. The fourth-order valence-electron chi connectivity index (χ4n) is 4.53. The SMILES string of the molecule is COCc1nn2c3c(nnc2c1-c1ccc(OC)cc1)C(=O)CC(c1ccccc1OC)C3. The zero-order valence-corrected chi connectivity index (χ0v) is 18.7. The van der Waals surface area contributed by atoms with Crippen molar-refractivity contribution in [3.63, 3.8) is 0 Å². The van der Waals surface area contributed by atoms with Crippen LogP contribution in [-0.2, 0) is 17.8 Å². The van der Waals surface area contributed by atoms with E-state index in [1.807, 2.05) is 48.5 Å². The number of nitrogens with zero attached hydrogens (tertiary/aromatic N) is 4. The predicted molar refractivity (Wildman–Crippen MR) is 122 cm³/mol. The van der Waals surface area contributed by atoms with Gasteiger partial charge in [0.25, 0.3) is 0 Å². The molecule has 4 aromatic rings. The first kappa shape index (κ1) is 21.1. The minimum Gasteiger partial charge on any atom is -0.497 e. The van der Waals surface area contributed by atoms with Gasteiger partial charge in [0, 0.05) is 19.4 Å². The summed E-state index contributed by atoms with van der Waals surface area (Å²) in [4.78, 5) is 13.0. The van der Waals surface area contributed by atoms with Gasteiger partial charge in [-0.25, -0.2) is 4.52 Å². The molecule has 0 bridgehead atoms. The molecule has 0 N–H and O–H groups in total. The van der Waals surface area contributed by atoms with E-state index in [9.17, 15) is 4.79 Å². The Bertz CT molecular complexity index is 1330. The van der Waals surface area contributed by atoms with Gasteiger partial charge in [-0.3, -0.25) is 4.79 Å². The van der Waals surface area contributed by atoms with E-state index in [0.29, 0.717) is 30.8 Å². The van der Waals surface area contributed by atoms with Crippen LogP contribution in [0, 0.1) is 0 Å². The van der Waals surface area contributed by atoms with Crippen LogP contribution >= 0.6 is 0 Å². The van der Waals surface area contributed by atoms with Gasteiger partial charge in [0.15, 0.2) is 17.1 Å². The number of carbonyl (C=O) groups is 1. The molecule has 0 fully saturated rings. The van der Waals surface area contributed by atoms with Crippen LogP contribution in [0.1, 0.15) is 39.8 Å². The number of methoxy groups -OCH3 is 3. The largest absolute Gasteiger partial charge is 0.497 e. The first-order valence-corrected chi connectivity index (χ1v) is 10.7. The fraction of sp³-hybridized carbons (Fsp3) is 0.280. The lowest BCUT2D eigenvalue weighted by Gasteiger charge is -2.24. The van der Waals surface area contributed by atoms with E-state index in [-0.39, 0.29) is 11.7 Å². The molecule has 168 valence electrons. The number of rotatable bonds is 6. The van der Waals surface area contributed by atoms with Crippen molar-refractivity contribution in [1.29, 1.82) is 0 Å². The highest BCUT2D eigenvalue weighted by Gasteiger charge is 2.33. The van der Waals surface area contributed by atoms with Crippen LogP contribution in [0.5, 0.6) is 11.5 Å². The maximum absolute atomic E-state index is 13.0. The first-order valence-electron chi connectivity index (χ1n) is 10.7. The van der Waals surface area contributed by atoms with Crippen LogP contribution in [0.2, 0.25) is 0 Å². The monoisotopic (exact) mass is 444 g/mol. The average Bonchev–Trinajstić information content (AvgIpc) is 3.22. The molecule has 2 heterocycles. The highest BCUT2D eigenvalue weighted by atomic mass is 16.5. The quantitative estimate of drug-likeness (QED) is 0.446. The van der Waals surface area contributed by atoms with Crippen molar-refractivity contribution in [2.75, 3.05) is 21.3 Å². The molecule has 0 spiro atoms. The van der Waals surface area contributed by atoms with Crippen LogP contribution in [-0.4, -0.2) is 46.9 Å². The highest BCUT2D eigenvalue weighted by Crippen LogP contribution is 2.38. The van der Waals surface area contributed by atoms with Gasteiger partial charge in [0.2, 0.25) is 0 Å². The standard InChI is InChI=1S/C25H24N4O4/c1-31-14-19-23(15-8-10-17(32-2)11-9-15)25-27-26-24-20(29(25)28-19)12-16(13-21(24)30)18-6-4-5-7-22(18)33-3/h4-11,16H,12-14H2,1-3H3. The number of fused-ring (bicyclic) bond motifs is 3. The number of benzene rings is 2. The second-order valence-electron chi connectivity index (χ2n) is 7.98. The van der Waals surface area contributed by atoms with E-state index in [2.05, 4.69) is 10.2 Å². The molecule has 0 saturated carbocycles. The van der Waals surface area contributed by atoms with Crippen molar-refractivity contribution < 1.29 is 19.0 Å². The average molecular weight is 444 g/mol. The molecule has 8 heteroatoms. The molecule has 2 aromatic carbocycles.